The van der Waals surface area contributed by atoms with E-state index in [0.29, 0.717) is 5.76 Å². The molecule has 0 saturated heterocycles. The number of nitrogens with one attached hydrogen (secondary N) is 1. The summed E-state index contributed by atoms with van der Waals surface area (Å²) in [7, 11) is 0. The molecule has 1 N–H and O–H groups in total. The summed E-state index contributed by atoms with van der Waals surface area (Å²) < 4.78 is 6.15. The molecule has 0 radical (unpaired) electrons. The number of hydrogen-bond acceptors (Lipinski definition) is 3. The van der Waals surface area contributed by atoms with Crippen LogP contribution in [0.5, 0.6) is 0 Å². The first-order valence-corrected chi connectivity index (χ1v) is 6.10. The second kappa shape index (κ2) is 5.67. The molecule has 86 valence electrons. The molecule has 0 saturated carbocycles. The van der Waals surface area contributed by atoms with E-state index >= 15 is 0 Å². The minimum atomic E-state index is -0.159. The van der Waals surface area contributed by atoms with Crippen LogP contribution in [0, 0.1) is 3.57 Å². The fourth-order valence-electron chi connectivity index (χ4n) is 1.26. The second-order valence-electron chi connectivity index (χ2n) is 3.33. The molecule has 3 nitrogen and oxygen atoms in total. The Morgan fingerprint density at radius 2 is 2.00 bits per heavy atom. The maximum absolute atomic E-state index is 11.5. The van der Waals surface area contributed by atoms with Crippen LogP contribution >= 0.6 is 22.6 Å². The van der Waals surface area contributed by atoms with E-state index in [1.54, 1.807) is 18.3 Å². The Balaban J connectivity index is 1.94. The van der Waals surface area contributed by atoms with Crippen molar-refractivity contribution in [3.8, 4) is 0 Å². The van der Waals surface area contributed by atoms with E-state index in [4.69, 9.17) is 4.42 Å². The molecule has 2 rings (SSSR count). The summed E-state index contributed by atoms with van der Waals surface area (Å²) in [5.41, 5.74) is 0.939. The molecule has 2 aromatic rings. The summed E-state index contributed by atoms with van der Waals surface area (Å²) in [6.07, 6.45) is 4.53. The van der Waals surface area contributed by atoms with Gasteiger partial charge in [0.15, 0.2) is 5.76 Å². The number of halogens is 1. The Morgan fingerprint density at radius 3 is 2.65 bits per heavy atom. The van der Waals surface area contributed by atoms with E-state index in [9.17, 15) is 4.79 Å². The Labute approximate surface area is 113 Å². The molecule has 0 fully saturated rings. The molecule has 17 heavy (non-hydrogen) atoms. The summed E-state index contributed by atoms with van der Waals surface area (Å²) >= 11 is 2.24. The van der Waals surface area contributed by atoms with Crippen LogP contribution in [0.25, 0.3) is 0 Å². The molecule has 0 aliphatic carbocycles. The van der Waals surface area contributed by atoms with Crippen LogP contribution < -0.4 is 5.32 Å². The number of ketones is 1. The Morgan fingerprint density at radius 1 is 1.24 bits per heavy atom. The molecule has 0 spiro atoms. The van der Waals surface area contributed by atoms with Gasteiger partial charge in [-0.2, -0.15) is 0 Å². The predicted octanol–water partition coefficient (Wildman–Crippen LogP) is 3.69. The molecule has 0 bridgehead atoms. The molecule has 0 atom stereocenters. The Kier molecular flexibility index (Phi) is 3.98. The first-order chi connectivity index (χ1) is 8.25. The van der Waals surface area contributed by atoms with E-state index in [1.807, 2.05) is 24.3 Å². The highest BCUT2D eigenvalue weighted by molar-refractivity contribution is 14.1. The number of hydrogen-bond donors (Lipinski definition) is 1. The van der Waals surface area contributed by atoms with Gasteiger partial charge in [0.25, 0.3) is 0 Å². The number of rotatable bonds is 4. The Hall–Kier alpha value is -1.56. The van der Waals surface area contributed by atoms with Gasteiger partial charge in [0.2, 0.25) is 5.78 Å². The van der Waals surface area contributed by atoms with Crippen LogP contribution in [-0.4, -0.2) is 5.78 Å². The van der Waals surface area contributed by atoms with E-state index in [2.05, 4.69) is 27.9 Å². The zero-order chi connectivity index (χ0) is 12.1. The van der Waals surface area contributed by atoms with Gasteiger partial charge >= 0.3 is 0 Å². The zero-order valence-electron chi connectivity index (χ0n) is 8.89. The van der Waals surface area contributed by atoms with Crippen molar-refractivity contribution in [1.82, 2.24) is 0 Å². The fraction of sp³-hybridized carbons (Fsp3) is 0. The second-order valence-corrected chi connectivity index (χ2v) is 4.57. The standard InChI is InChI=1S/C13H10INO2/c14-10-3-5-11(6-4-10)15-8-7-12(16)13-2-1-9-17-13/h1-9,15H/b8-7+. The van der Waals surface area contributed by atoms with Crippen LogP contribution in [-0.2, 0) is 0 Å². The average Bonchev–Trinajstić information content (AvgIpc) is 2.85. The van der Waals surface area contributed by atoms with Crippen molar-refractivity contribution in [2.75, 3.05) is 5.32 Å². The van der Waals surface area contributed by atoms with Crippen LogP contribution in [0.3, 0.4) is 0 Å². The summed E-state index contributed by atoms with van der Waals surface area (Å²) in [6, 6.07) is 11.2. The van der Waals surface area contributed by atoms with Crippen molar-refractivity contribution >= 4 is 34.1 Å². The normalized spacial score (nSPS) is 10.6. The third-order valence-electron chi connectivity index (χ3n) is 2.09. The molecule has 0 unspecified atom stereocenters. The van der Waals surface area contributed by atoms with Crippen LogP contribution in [0.15, 0.2) is 59.4 Å². The predicted molar refractivity (Wildman–Crippen MR) is 75.0 cm³/mol. The number of anilines is 1. The van der Waals surface area contributed by atoms with Crippen molar-refractivity contribution in [3.05, 3.63) is 64.3 Å². The first kappa shape index (κ1) is 11.9. The molecular formula is C13H10INO2. The maximum atomic E-state index is 11.5. The summed E-state index contributed by atoms with van der Waals surface area (Å²) in [5, 5.41) is 3.02. The lowest BCUT2D eigenvalue weighted by molar-refractivity contribution is 0.102. The third kappa shape index (κ3) is 3.45. The van der Waals surface area contributed by atoms with Crippen molar-refractivity contribution < 1.29 is 9.21 Å². The lowest BCUT2D eigenvalue weighted by Crippen LogP contribution is -1.94. The SMILES string of the molecule is O=C(/C=C/Nc1ccc(I)cc1)c1ccco1. The van der Waals surface area contributed by atoms with Gasteiger partial charge in [-0.3, -0.25) is 4.79 Å². The van der Waals surface area contributed by atoms with E-state index in [-0.39, 0.29) is 5.78 Å². The largest absolute Gasteiger partial charge is 0.461 e. The number of benzene rings is 1. The lowest BCUT2D eigenvalue weighted by Gasteiger charge is -1.99. The summed E-state index contributed by atoms with van der Waals surface area (Å²) in [4.78, 5) is 11.5. The molecule has 1 aromatic heterocycles. The number of allylic oxidation sites excluding steroid dienone is 1. The molecule has 0 amide bonds. The van der Waals surface area contributed by atoms with Crippen molar-refractivity contribution in [2.24, 2.45) is 0 Å². The molecule has 0 aliphatic rings. The molecule has 1 aromatic carbocycles. The van der Waals surface area contributed by atoms with Crippen LogP contribution in [0.4, 0.5) is 5.69 Å². The zero-order valence-corrected chi connectivity index (χ0v) is 11.0. The third-order valence-corrected chi connectivity index (χ3v) is 2.81. The summed E-state index contributed by atoms with van der Waals surface area (Å²) in [5.74, 6) is 0.179. The van der Waals surface area contributed by atoms with Gasteiger partial charge in [-0.05, 0) is 59.0 Å². The monoisotopic (exact) mass is 339 g/mol. The fourth-order valence-corrected chi connectivity index (χ4v) is 1.62. The molecule has 0 aliphatic heterocycles. The van der Waals surface area contributed by atoms with E-state index in [0.717, 1.165) is 5.69 Å². The van der Waals surface area contributed by atoms with Gasteiger partial charge in [0, 0.05) is 21.5 Å². The smallest absolute Gasteiger partial charge is 0.222 e. The lowest BCUT2D eigenvalue weighted by atomic mass is 10.3. The highest BCUT2D eigenvalue weighted by Gasteiger charge is 2.02. The number of furan rings is 1. The van der Waals surface area contributed by atoms with Crippen molar-refractivity contribution in [2.45, 2.75) is 0 Å². The van der Waals surface area contributed by atoms with Crippen molar-refractivity contribution in [1.29, 1.82) is 0 Å². The highest BCUT2D eigenvalue weighted by atomic mass is 127. The van der Waals surface area contributed by atoms with Gasteiger partial charge in [0.1, 0.15) is 0 Å². The maximum Gasteiger partial charge on any atom is 0.222 e. The Bertz CT molecular complexity index is 515. The highest BCUT2D eigenvalue weighted by Crippen LogP contribution is 2.11. The molecule has 4 heteroatoms. The molecule has 1 heterocycles. The minimum Gasteiger partial charge on any atom is -0.461 e. The van der Waals surface area contributed by atoms with Crippen LogP contribution in [0.1, 0.15) is 10.6 Å². The van der Waals surface area contributed by atoms with E-state index < -0.39 is 0 Å². The quantitative estimate of drug-likeness (QED) is 0.525. The minimum absolute atomic E-state index is 0.159. The van der Waals surface area contributed by atoms with Crippen molar-refractivity contribution in [3.63, 3.8) is 0 Å². The van der Waals surface area contributed by atoms with Gasteiger partial charge in [0.05, 0.1) is 6.26 Å². The van der Waals surface area contributed by atoms with Gasteiger partial charge in [-0.25, -0.2) is 0 Å². The van der Waals surface area contributed by atoms with E-state index in [1.165, 1.54) is 15.9 Å². The van der Waals surface area contributed by atoms with Gasteiger partial charge in [-0.15, -0.1) is 0 Å². The average molecular weight is 339 g/mol. The molecular weight excluding hydrogens is 329 g/mol. The summed E-state index contributed by atoms with van der Waals surface area (Å²) in [6.45, 7) is 0. The van der Waals surface area contributed by atoms with Gasteiger partial charge < -0.3 is 9.73 Å². The van der Waals surface area contributed by atoms with Gasteiger partial charge in [-0.1, -0.05) is 0 Å². The number of carbonyl (C=O) groups excluding carboxylic acids is 1. The topological polar surface area (TPSA) is 42.2 Å². The first-order valence-electron chi connectivity index (χ1n) is 5.02. The number of carbonyl (C=O) groups is 1. The van der Waals surface area contributed by atoms with Crippen LogP contribution in [0.2, 0.25) is 0 Å².